The van der Waals surface area contributed by atoms with Gasteiger partial charge in [0, 0.05) is 134 Å². The Morgan fingerprint density at radius 3 is 1.97 bits per heavy atom. The van der Waals surface area contributed by atoms with Crippen LogP contribution in [0.5, 0.6) is 5.75 Å². The minimum absolute atomic E-state index is 0.0243. The van der Waals surface area contributed by atoms with Gasteiger partial charge in [0.25, 0.3) is 11.8 Å². The molecule has 6 N–H and O–H groups in total. The Morgan fingerprint density at radius 2 is 1.35 bits per heavy atom. The molecule has 0 radical (unpaired) electrons. The van der Waals surface area contributed by atoms with E-state index in [0.717, 1.165) is 37.1 Å². The lowest BCUT2D eigenvalue weighted by Crippen LogP contribution is -2.51. The number of carbonyl (C=O) groups excluding carboxylic acids is 7. The number of unbranched alkanes of at least 4 members (excludes halogenated alkanes) is 3. The normalized spacial score (nSPS) is 19.4. The quantitative estimate of drug-likeness (QED) is 0.0369. The van der Waals surface area contributed by atoms with Crippen molar-refractivity contribution in [2.24, 2.45) is 5.92 Å². The molecule has 4 fully saturated rings. The number of imide groups is 1. The highest BCUT2D eigenvalue weighted by atomic mass is 32.2. The molecule has 27 nitrogen and oxygen atoms in total. The van der Waals surface area contributed by atoms with Gasteiger partial charge in [-0.1, -0.05) is 49.6 Å². The summed E-state index contributed by atoms with van der Waals surface area (Å²) >= 11 is 1.31. The van der Waals surface area contributed by atoms with Crippen LogP contribution in [0.25, 0.3) is 10.9 Å². The SMILES string of the molecule is Cc1ccc(CCCC(=O)NCCCCC[C@H](CNC(=O)CN2CCN(CC(=O)O)CCN(CC(=O)O)CCN(CC(=O)O)CC2)SC2CC(=O)N(C[C@@H](C)C(=O)N3CCN(CCCCOc4ccc5nccc(C(=O)NCC(=O)N6CC(F)(F)C[C@@H]6C#N)c5c4)CC3)C2=O)cc1. The number of fused-ring (bicyclic) bond motifs is 1. The molecule has 7 amide bonds. The molecule has 4 atom stereocenters. The van der Waals surface area contributed by atoms with Gasteiger partial charge in [-0.15, -0.1) is 11.8 Å². The number of piperazine rings is 1. The van der Waals surface area contributed by atoms with E-state index in [1.165, 1.54) is 40.1 Å². The molecule has 4 saturated heterocycles. The van der Waals surface area contributed by atoms with E-state index in [9.17, 15) is 77.3 Å². The van der Waals surface area contributed by atoms with Gasteiger partial charge in [-0.3, -0.25) is 82.3 Å². The molecule has 0 aliphatic carbocycles. The number of carboxylic acid groups (broad SMARTS) is 3. The van der Waals surface area contributed by atoms with Crippen LogP contribution in [-0.4, -0.2) is 292 Å². The highest BCUT2D eigenvalue weighted by Crippen LogP contribution is 2.33. The number of aryl methyl sites for hydroxylation is 2. The van der Waals surface area contributed by atoms with E-state index in [4.69, 9.17) is 4.74 Å². The number of nitrogens with one attached hydrogen (secondary N) is 3. The van der Waals surface area contributed by atoms with Crippen molar-refractivity contribution < 1.29 is 76.8 Å². The molecule has 30 heteroatoms. The molecular formula is C67H93F2N13O14S. The van der Waals surface area contributed by atoms with Gasteiger partial charge in [0.05, 0.1) is 74.2 Å². The van der Waals surface area contributed by atoms with Gasteiger partial charge >= 0.3 is 17.9 Å². The van der Waals surface area contributed by atoms with E-state index in [2.05, 4.69) is 50.1 Å². The topological polar surface area (TPSA) is 339 Å². The molecule has 4 aliphatic heterocycles. The van der Waals surface area contributed by atoms with Crippen LogP contribution in [0.15, 0.2) is 54.7 Å². The van der Waals surface area contributed by atoms with Crippen LogP contribution < -0.4 is 20.7 Å². The number of hydrogen-bond acceptors (Lipinski definition) is 19. The lowest BCUT2D eigenvalue weighted by Gasteiger charge is -2.36. The molecule has 1 unspecified atom stereocenters. The van der Waals surface area contributed by atoms with Crippen LogP contribution in [0, 0.1) is 24.2 Å². The van der Waals surface area contributed by atoms with Gasteiger partial charge in [-0.2, -0.15) is 5.26 Å². The van der Waals surface area contributed by atoms with Crippen molar-refractivity contribution >= 4 is 81.9 Å². The fourth-order valence-electron chi connectivity index (χ4n) is 12.3. The number of amides is 7. The number of aromatic nitrogens is 1. The average molecular weight is 1370 g/mol. The predicted molar refractivity (Wildman–Crippen MR) is 355 cm³/mol. The number of aliphatic carboxylic acids is 3. The zero-order chi connectivity index (χ0) is 70.0. The first-order valence-corrected chi connectivity index (χ1v) is 34.4. The first-order chi connectivity index (χ1) is 46.4. The predicted octanol–water partition coefficient (Wildman–Crippen LogP) is 2.49. The number of pyridine rings is 1. The Morgan fingerprint density at radius 1 is 0.732 bits per heavy atom. The Hall–Kier alpha value is -7.95. The maximum Gasteiger partial charge on any atom is 0.317 e. The summed E-state index contributed by atoms with van der Waals surface area (Å²) in [6.45, 7) is 6.87. The molecule has 0 bridgehead atoms. The van der Waals surface area contributed by atoms with Crippen LogP contribution >= 0.6 is 11.8 Å². The van der Waals surface area contributed by atoms with Crippen molar-refractivity contribution in [3.05, 3.63) is 71.4 Å². The number of thioether (sulfide) groups is 1. The number of carbonyl (C=O) groups is 10. The zero-order valence-electron chi connectivity index (χ0n) is 55.5. The first kappa shape index (κ1) is 76.4. The van der Waals surface area contributed by atoms with Crippen molar-refractivity contribution in [3.63, 3.8) is 0 Å². The molecule has 1 aromatic heterocycles. The lowest BCUT2D eigenvalue weighted by molar-refractivity contribution is -0.143. The number of alkyl halides is 2. The number of likely N-dealkylation sites (tertiary alicyclic amines) is 2. The van der Waals surface area contributed by atoms with Gasteiger partial charge in [0.2, 0.25) is 35.4 Å². The number of nitriles is 1. The number of halogens is 2. The number of hydrogen-bond donors (Lipinski definition) is 6. The van der Waals surface area contributed by atoms with Gasteiger partial charge in [0.1, 0.15) is 11.8 Å². The summed E-state index contributed by atoms with van der Waals surface area (Å²) in [6, 6.07) is 15.3. The maximum atomic E-state index is 14.2. The molecule has 7 rings (SSSR count). The minimum atomic E-state index is -3.19. The number of carboxylic acids is 3. The number of benzene rings is 2. The van der Waals surface area contributed by atoms with E-state index < -0.39 is 84.2 Å². The molecule has 4 aliphatic rings. The van der Waals surface area contributed by atoms with E-state index in [-0.39, 0.29) is 127 Å². The summed E-state index contributed by atoms with van der Waals surface area (Å²) in [5.41, 5.74) is 3.05. The van der Waals surface area contributed by atoms with Gasteiger partial charge in [0.15, 0.2) is 0 Å². The Labute approximate surface area is 568 Å². The van der Waals surface area contributed by atoms with Crippen molar-refractivity contribution in [2.45, 2.75) is 107 Å². The first-order valence-electron chi connectivity index (χ1n) is 33.4. The summed E-state index contributed by atoms with van der Waals surface area (Å²) in [5.74, 6) is -9.35. The highest BCUT2D eigenvalue weighted by molar-refractivity contribution is 8.01. The minimum Gasteiger partial charge on any atom is -0.494 e. The Balaban J connectivity index is 0.868. The van der Waals surface area contributed by atoms with Crippen LogP contribution in [0.4, 0.5) is 8.78 Å². The zero-order valence-corrected chi connectivity index (χ0v) is 56.3. The summed E-state index contributed by atoms with van der Waals surface area (Å²) in [7, 11) is 0. The molecule has 0 saturated carbocycles. The summed E-state index contributed by atoms with van der Waals surface area (Å²) < 4.78 is 33.9. The third-order valence-corrected chi connectivity index (χ3v) is 19.3. The second-order valence-corrected chi connectivity index (χ2v) is 27.0. The van der Waals surface area contributed by atoms with E-state index in [1.54, 1.807) is 50.8 Å². The molecule has 530 valence electrons. The lowest BCUT2D eigenvalue weighted by atomic mass is 10.1. The summed E-state index contributed by atoms with van der Waals surface area (Å²) in [4.78, 5) is 147. The van der Waals surface area contributed by atoms with Gasteiger partial charge in [-0.25, -0.2) is 8.78 Å². The number of nitrogens with zero attached hydrogens (tertiary/aromatic N) is 10. The summed E-state index contributed by atoms with van der Waals surface area (Å²) in [5, 5.41) is 46.1. The van der Waals surface area contributed by atoms with E-state index in [0.29, 0.717) is 88.1 Å². The molecule has 3 aromatic rings. The van der Waals surface area contributed by atoms with Crippen LogP contribution in [0.3, 0.4) is 0 Å². The van der Waals surface area contributed by atoms with Crippen LogP contribution in [0.1, 0.15) is 92.6 Å². The number of ether oxygens (including phenoxy) is 1. The Bertz CT molecular complexity index is 3220. The molecule has 5 heterocycles. The second-order valence-electron chi connectivity index (χ2n) is 25.5. The molecule has 2 aromatic carbocycles. The van der Waals surface area contributed by atoms with E-state index in [1.807, 2.05) is 11.8 Å². The Kier molecular flexibility index (Phi) is 30.1. The van der Waals surface area contributed by atoms with E-state index >= 15 is 0 Å². The third kappa shape index (κ3) is 25.5. The smallest absolute Gasteiger partial charge is 0.317 e. The van der Waals surface area contributed by atoms with Crippen molar-refractivity contribution in [2.75, 3.05) is 151 Å². The highest BCUT2D eigenvalue weighted by Gasteiger charge is 2.47. The molecular weight excluding hydrogens is 1280 g/mol. The molecule has 0 spiro atoms. The van der Waals surface area contributed by atoms with Gasteiger partial charge < -0.3 is 45.8 Å². The van der Waals surface area contributed by atoms with Crippen molar-refractivity contribution in [3.8, 4) is 11.8 Å². The van der Waals surface area contributed by atoms with Crippen molar-refractivity contribution in [1.82, 2.24) is 60.1 Å². The number of rotatable bonds is 34. The largest absolute Gasteiger partial charge is 0.494 e. The second kappa shape index (κ2) is 38.3. The maximum absolute atomic E-state index is 14.2. The van der Waals surface area contributed by atoms with Crippen molar-refractivity contribution in [1.29, 1.82) is 5.26 Å². The standard InChI is InChI=1S/C67H93F2N13O14S/c1-47-12-14-49(15-13-47)9-8-11-57(83)72-19-5-3-4-10-52(39-73-58(84)42-76-22-24-77(43-61(87)88)26-28-79(45-63(91)92)29-27-78(25-23-76)44-62(89)90)97-56-36-59(85)81(66(56)95)41-48(2)65(94)80-32-30-75(31-33-80)21-6-7-34-96-51-16-17-55-54(35-51)53(18-20-71-55)64(93)74-40-60(86)82-46-67(68,69)37-50(82)38-70/h12-18,20,35,48,50,52,56H,3-11,19,21-34,36-37,39-46H2,1-2H3,(H,72,83)(H,73,84)(H,74,93)(H,87,88)(H,89,90)(H,91,92)/t48-,50-,52-,56?/m1/s1. The third-order valence-electron chi connectivity index (χ3n) is 17.8. The fourth-order valence-corrected chi connectivity index (χ4v) is 13.7. The fraction of sp³-hybridized carbons (Fsp3) is 0.612. The monoisotopic (exact) mass is 1370 g/mol. The average Bonchev–Trinajstić information content (AvgIpc) is 1.78. The molecule has 97 heavy (non-hydrogen) atoms. The van der Waals surface area contributed by atoms with Crippen LogP contribution in [-0.2, 0) is 49.6 Å². The van der Waals surface area contributed by atoms with Gasteiger partial charge in [-0.05, 0) is 81.8 Å². The van der Waals surface area contributed by atoms with Crippen LogP contribution in [0.2, 0.25) is 0 Å². The summed E-state index contributed by atoms with van der Waals surface area (Å²) in [6.07, 6.45) is 6.68.